The Balaban J connectivity index is 2.22. The highest BCUT2D eigenvalue weighted by atomic mass is 35.5. The zero-order valence-electron chi connectivity index (χ0n) is 21.6. The summed E-state index contributed by atoms with van der Waals surface area (Å²) in [6, 6.07) is 11.5. The zero-order chi connectivity index (χ0) is 27.3. The van der Waals surface area contributed by atoms with E-state index in [0.29, 0.717) is 15.7 Å². The molecule has 2 aromatic rings. The fourth-order valence-electron chi connectivity index (χ4n) is 3.68. The van der Waals surface area contributed by atoms with E-state index in [0.717, 1.165) is 17.4 Å². The van der Waals surface area contributed by atoms with Crippen LogP contribution in [-0.4, -0.2) is 49.5 Å². The molecule has 0 bridgehead atoms. The molecule has 1 N–H and O–H groups in total. The van der Waals surface area contributed by atoms with Crippen molar-refractivity contribution in [2.24, 2.45) is 0 Å². The quantitative estimate of drug-likeness (QED) is 0.437. The first-order valence-corrected chi connectivity index (χ1v) is 14.3. The first kappa shape index (κ1) is 29.9. The van der Waals surface area contributed by atoms with Crippen molar-refractivity contribution in [3.63, 3.8) is 0 Å². The molecule has 2 amide bonds. The Labute approximate surface area is 224 Å². The van der Waals surface area contributed by atoms with E-state index in [4.69, 9.17) is 23.2 Å². The summed E-state index contributed by atoms with van der Waals surface area (Å²) < 4.78 is 26.2. The van der Waals surface area contributed by atoms with Gasteiger partial charge in [-0.25, -0.2) is 8.42 Å². The second-order valence-electron chi connectivity index (χ2n) is 9.96. The number of carbonyl (C=O) groups is 2. The summed E-state index contributed by atoms with van der Waals surface area (Å²) in [6.07, 6.45) is 1.49. The molecule has 1 unspecified atom stereocenters. The van der Waals surface area contributed by atoms with Crippen molar-refractivity contribution >= 4 is 50.7 Å². The number of hydrogen-bond donors (Lipinski definition) is 1. The van der Waals surface area contributed by atoms with Crippen LogP contribution in [0, 0.1) is 6.92 Å². The molecule has 0 spiro atoms. The Morgan fingerprint density at radius 2 is 1.72 bits per heavy atom. The van der Waals surface area contributed by atoms with Crippen molar-refractivity contribution in [1.29, 1.82) is 0 Å². The summed E-state index contributed by atoms with van der Waals surface area (Å²) in [6.45, 7) is 9.46. The number of halogens is 2. The number of hydrogen-bond acceptors (Lipinski definition) is 4. The van der Waals surface area contributed by atoms with Gasteiger partial charge in [-0.3, -0.25) is 13.9 Å². The molecular formula is C26H35Cl2N3O4S. The number of amides is 2. The van der Waals surface area contributed by atoms with Crippen molar-refractivity contribution in [3.8, 4) is 0 Å². The van der Waals surface area contributed by atoms with Crippen molar-refractivity contribution in [1.82, 2.24) is 10.2 Å². The Hall–Kier alpha value is -2.29. The summed E-state index contributed by atoms with van der Waals surface area (Å²) in [4.78, 5) is 27.7. The summed E-state index contributed by atoms with van der Waals surface area (Å²) in [7, 11) is -3.54. The molecule has 7 nitrogen and oxygen atoms in total. The molecule has 0 heterocycles. The smallest absolute Gasteiger partial charge is 0.242 e. The van der Waals surface area contributed by atoms with E-state index in [1.165, 1.54) is 9.21 Å². The number of nitrogens with one attached hydrogen (secondary N) is 1. The zero-order valence-corrected chi connectivity index (χ0v) is 24.0. The highest BCUT2D eigenvalue weighted by Crippen LogP contribution is 2.24. The molecule has 0 aromatic heterocycles. The van der Waals surface area contributed by atoms with E-state index < -0.39 is 21.6 Å². The molecular weight excluding hydrogens is 521 g/mol. The van der Waals surface area contributed by atoms with E-state index in [9.17, 15) is 18.0 Å². The lowest BCUT2D eigenvalue weighted by Crippen LogP contribution is -2.52. The average Bonchev–Trinajstić information content (AvgIpc) is 2.74. The van der Waals surface area contributed by atoms with Gasteiger partial charge in [0.25, 0.3) is 0 Å². The fraction of sp³-hybridized carbons (Fsp3) is 0.462. The number of anilines is 1. The van der Waals surface area contributed by atoms with Gasteiger partial charge in [-0.15, -0.1) is 0 Å². The van der Waals surface area contributed by atoms with Gasteiger partial charge in [-0.1, -0.05) is 41.4 Å². The second-order valence-corrected chi connectivity index (χ2v) is 12.7. The van der Waals surface area contributed by atoms with Crippen LogP contribution in [0.4, 0.5) is 5.69 Å². The molecule has 0 fully saturated rings. The van der Waals surface area contributed by atoms with Gasteiger partial charge >= 0.3 is 0 Å². The molecule has 0 saturated carbocycles. The minimum absolute atomic E-state index is 0.0618. The predicted octanol–water partition coefficient (Wildman–Crippen LogP) is 5.18. The van der Waals surface area contributed by atoms with Crippen LogP contribution in [-0.2, 0) is 26.2 Å². The Morgan fingerprint density at radius 3 is 2.28 bits per heavy atom. The topological polar surface area (TPSA) is 86.8 Å². The van der Waals surface area contributed by atoms with Crippen LogP contribution in [0.2, 0.25) is 10.0 Å². The predicted molar refractivity (Wildman–Crippen MR) is 147 cm³/mol. The van der Waals surface area contributed by atoms with Gasteiger partial charge in [0, 0.05) is 25.0 Å². The van der Waals surface area contributed by atoms with E-state index in [2.05, 4.69) is 5.32 Å². The van der Waals surface area contributed by atoms with Gasteiger partial charge in [-0.2, -0.15) is 0 Å². The number of nitrogens with zero attached hydrogens (tertiary/aromatic N) is 2. The molecule has 2 aromatic carbocycles. The monoisotopic (exact) mass is 555 g/mol. The first-order valence-electron chi connectivity index (χ1n) is 11.7. The fourth-order valence-corrected chi connectivity index (χ4v) is 4.96. The molecule has 1 atom stereocenters. The van der Waals surface area contributed by atoms with Crippen LogP contribution in [0.5, 0.6) is 0 Å². The van der Waals surface area contributed by atoms with Crippen molar-refractivity contribution in [2.75, 3.05) is 17.1 Å². The largest absolute Gasteiger partial charge is 0.350 e. The first-order chi connectivity index (χ1) is 16.6. The average molecular weight is 557 g/mol. The summed E-state index contributed by atoms with van der Waals surface area (Å²) in [5.74, 6) is -0.552. The van der Waals surface area contributed by atoms with Crippen LogP contribution in [0.15, 0.2) is 42.5 Å². The molecule has 0 radical (unpaired) electrons. The Kier molecular flexibility index (Phi) is 10.2. The lowest BCUT2D eigenvalue weighted by atomic mass is 10.1. The maximum Gasteiger partial charge on any atom is 0.242 e. The molecule has 10 heteroatoms. The third-order valence-electron chi connectivity index (χ3n) is 5.44. The number of benzene rings is 2. The van der Waals surface area contributed by atoms with Gasteiger partial charge in [-0.05, 0) is 76.4 Å². The van der Waals surface area contributed by atoms with Crippen molar-refractivity contribution < 1.29 is 18.0 Å². The van der Waals surface area contributed by atoms with E-state index >= 15 is 0 Å². The lowest BCUT2D eigenvalue weighted by Gasteiger charge is -2.32. The Morgan fingerprint density at radius 1 is 1.06 bits per heavy atom. The minimum Gasteiger partial charge on any atom is -0.350 e. The molecule has 198 valence electrons. The summed E-state index contributed by atoms with van der Waals surface area (Å²) in [5.41, 5.74) is 1.75. The third kappa shape index (κ3) is 8.98. The van der Waals surface area contributed by atoms with Crippen LogP contribution in [0.1, 0.15) is 51.7 Å². The molecule has 0 aliphatic carbocycles. The molecule has 0 aliphatic rings. The number of rotatable bonds is 10. The van der Waals surface area contributed by atoms with Crippen LogP contribution >= 0.6 is 23.2 Å². The molecule has 0 saturated heterocycles. The van der Waals surface area contributed by atoms with Gasteiger partial charge < -0.3 is 10.2 Å². The SMILES string of the molecule is Cc1cccc(N(CCCC(=O)N(Cc2ccc(Cl)c(Cl)c2)C(C)C(=O)NC(C)(C)C)S(C)(=O)=O)c1. The Bertz CT molecular complexity index is 1200. The standard InChI is InChI=1S/C26H35Cl2N3O4S/c1-18-9-7-10-21(15-18)31(36(6,34)35)14-8-11-24(32)30(19(2)25(33)29-26(3,4)5)17-20-12-13-22(27)23(28)16-20/h7,9-10,12-13,15-16,19H,8,11,14,17H2,1-6H3,(H,29,33). The van der Waals surface area contributed by atoms with E-state index in [1.54, 1.807) is 43.3 Å². The van der Waals surface area contributed by atoms with Crippen LogP contribution < -0.4 is 9.62 Å². The number of sulfonamides is 1. The van der Waals surface area contributed by atoms with Gasteiger partial charge in [0.05, 0.1) is 22.0 Å². The normalized spacial score (nSPS) is 12.7. The van der Waals surface area contributed by atoms with Gasteiger partial charge in [0.1, 0.15) is 6.04 Å². The highest BCUT2D eigenvalue weighted by Gasteiger charge is 2.28. The van der Waals surface area contributed by atoms with Crippen LogP contribution in [0.3, 0.4) is 0 Å². The third-order valence-corrected chi connectivity index (χ3v) is 7.38. The molecule has 36 heavy (non-hydrogen) atoms. The highest BCUT2D eigenvalue weighted by molar-refractivity contribution is 7.92. The van der Waals surface area contributed by atoms with Gasteiger partial charge in [0.2, 0.25) is 21.8 Å². The second kappa shape index (κ2) is 12.3. The van der Waals surface area contributed by atoms with Crippen LogP contribution in [0.25, 0.3) is 0 Å². The maximum absolute atomic E-state index is 13.4. The minimum atomic E-state index is -3.54. The molecule has 2 rings (SSSR count). The number of aryl methyl sites for hydroxylation is 1. The summed E-state index contributed by atoms with van der Waals surface area (Å²) >= 11 is 12.2. The van der Waals surface area contributed by atoms with E-state index in [-0.39, 0.29) is 37.7 Å². The summed E-state index contributed by atoms with van der Waals surface area (Å²) in [5, 5.41) is 3.67. The molecule has 0 aliphatic heterocycles. The van der Waals surface area contributed by atoms with E-state index in [1.807, 2.05) is 33.8 Å². The van der Waals surface area contributed by atoms with Crippen molar-refractivity contribution in [2.45, 2.75) is 65.6 Å². The maximum atomic E-state index is 13.4. The van der Waals surface area contributed by atoms with Crippen molar-refractivity contribution in [3.05, 3.63) is 63.6 Å². The lowest BCUT2D eigenvalue weighted by molar-refractivity contribution is -0.141. The van der Waals surface area contributed by atoms with Gasteiger partial charge in [0.15, 0.2) is 0 Å². The number of carbonyl (C=O) groups excluding carboxylic acids is 2.